The fourth-order valence-corrected chi connectivity index (χ4v) is 4.70. The molecule has 30 heavy (non-hydrogen) atoms. The standard InChI is InChI=1S/C25H34ClN3O/c1-5-7-10-17-15-27-25(28-18-11-8-9-12-18)29-24(17)19(6-2)20-13-14-21(30)23(26)22(20)16(3)4/h6,13-16,18,30H,5,7-12H2,1-4H3,(H,27,28,29)/b19-6+. The van der Waals surface area contributed by atoms with Crippen LogP contribution in [0, 0.1) is 0 Å². The number of allylic oxidation sites excluding steroid dienone is 1. The second-order valence-electron chi connectivity index (χ2n) is 8.51. The predicted octanol–water partition coefficient (Wildman–Crippen LogP) is 7.11. The Hall–Kier alpha value is -2.07. The maximum absolute atomic E-state index is 10.2. The van der Waals surface area contributed by atoms with E-state index in [4.69, 9.17) is 16.6 Å². The van der Waals surface area contributed by atoms with Gasteiger partial charge in [-0.15, -0.1) is 0 Å². The molecule has 0 bridgehead atoms. The molecule has 0 unspecified atom stereocenters. The lowest BCUT2D eigenvalue weighted by Crippen LogP contribution is -2.17. The molecule has 3 rings (SSSR count). The summed E-state index contributed by atoms with van der Waals surface area (Å²) in [6, 6.07) is 4.10. The molecule has 0 spiro atoms. The lowest BCUT2D eigenvalue weighted by Gasteiger charge is -2.20. The highest BCUT2D eigenvalue weighted by atomic mass is 35.5. The number of hydrogen-bond acceptors (Lipinski definition) is 4. The number of benzene rings is 1. The molecule has 1 saturated carbocycles. The molecule has 1 heterocycles. The molecule has 1 aromatic heterocycles. The summed E-state index contributed by atoms with van der Waals surface area (Å²) >= 11 is 6.53. The highest BCUT2D eigenvalue weighted by Crippen LogP contribution is 2.40. The fourth-order valence-electron chi connectivity index (χ4n) is 4.31. The largest absolute Gasteiger partial charge is 0.506 e. The van der Waals surface area contributed by atoms with Crippen LogP contribution in [0.2, 0.25) is 5.02 Å². The van der Waals surface area contributed by atoms with Crippen LogP contribution >= 0.6 is 11.6 Å². The van der Waals surface area contributed by atoms with E-state index in [1.54, 1.807) is 6.07 Å². The van der Waals surface area contributed by atoms with Crippen molar-refractivity contribution < 1.29 is 5.11 Å². The van der Waals surface area contributed by atoms with E-state index in [9.17, 15) is 5.11 Å². The summed E-state index contributed by atoms with van der Waals surface area (Å²) in [6.45, 7) is 8.44. The van der Waals surface area contributed by atoms with Gasteiger partial charge in [-0.2, -0.15) is 0 Å². The first kappa shape index (κ1) is 22.6. The monoisotopic (exact) mass is 427 g/mol. The van der Waals surface area contributed by atoms with Crippen molar-refractivity contribution in [3.05, 3.63) is 51.8 Å². The maximum atomic E-state index is 10.2. The SMILES string of the molecule is C/C=C(\c1ccc(O)c(Cl)c1C(C)C)c1nc(NC2CCCC2)ncc1CCCC. The number of anilines is 1. The van der Waals surface area contributed by atoms with Crippen LogP contribution in [0.1, 0.15) is 94.5 Å². The van der Waals surface area contributed by atoms with Crippen molar-refractivity contribution in [1.29, 1.82) is 0 Å². The number of aromatic hydroxyl groups is 1. The summed E-state index contributed by atoms with van der Waals surface area (Å²) < 4.78 is 0. The van der Waals surface area contributed by atoms with Crippen LogP contribution in [0.3, 0.4) is 0 Å². The molecule has 0 saturated heterocycles. The van der Waals surface area contributed by atoms with Gasteiger partial charge in [-0.3, -0.25) is 0 Å². The lowest BCUT2D eigenvalue weighted by molar-refractivity contribution is 0.474. The van der Waals surface area contributed by atoms with Crippen molar-refractivity contribution in [1.82, 2.24) is 9.97 Å². The van der Waals surface area contributed by atoms with Gasteiger partial charge in [0.1, 0.15) is 5.75 Å². The zero-order valence-electron chi connectivity index (χ0n) is 18.6. The van der Waals surface area contributed by atoms with Gasteiger partial charge < -0.3 is 10.4 Å². The number of unbranched alkanes of at least 4 members (excludes halogenated alkanes) is 1. The van der Waals surface area contributed by atoms with Crippen LogP contribution in [0.25, 0.3) is 5.57 Å². The lowest BCUT2D eigenvalue weighted by atomic mass is 9.88. The molecule has 1 aromatic carbocycles. The Morgan fingerprint density at radius 3 is 2.67 bits per heavy atom. The van der Waals surface area contributed by atoms with Crippen molar-refractivity contribution >= 4 is 23.1 Å². The van der Waals surface area contributed by atoms with Crippen molar-refractivity contribution in [2.24, 2.45) is 0 Å². The van der Waals surface area contributed by atoms with Crippen LogP contribution in [0.15, 0.2) is 24.4 Å². The Morgan fingerprint density at radius 2 is 2.03 bits per heavy atom. The number of nitrogens with zero attached hydrogens (tertiary/aromatic N) is 2. The minimum absolute atomic E-state index is 0.122. The number of aromatic nitrogens is 2. The molecule has 162 valence electrons. The summed E-state index contributed by atoms with van der Waals surface area (Å²) in [7, 11) is 0. The first-order valence-electron chi connectivity index (χ1n) is 11.3. The van der Waals surface area contributed by atoms with Gasteiger partial charge in [-0.05, 0) is 61.3 Å². The Labute approximate surface area is 185 Å². The summed E-state index contributed by atoms with van der Waals surface area (Å²) in [5.74, 6) is 0.996. The third-order valence-corrected chi connectivity index (χ3v) is 6.32. The van der Waals surface area contributed by atoms with Crippen LogP contribution in [-0.2, 0) is 6.42 Å². The highest BCUT2D eigenvalue weighted by molar-refractivity contribution is 6.33. The second-order valence-corrected chi connectivity index (χ2v) is 8.89. The Kier molecular flexibility index (Phi) is 7.76. The van der Waals surface area contributed by atoms with Crippen molar-refractivity contribution in [3.63, 3.8) is 0 Å². The minimum atomic E-state index is 0.122. The molecule has 0 radical (unpaired) electrons. The number of phenols is 1. The fraction of sp³-hybridized carbons (Fsp3) is 0.520. The zero-order valence-corrected chi connectivity index (χ0v) is 19.4. The van der Waals surface area contributed by atoms with E-state index in [-0.39, 0.29) is 11.7 Å². The normalized spacial score (nSPS) is 15.2. The van der Waals surface area contributed by atoms with E-state index in [0.29, 0.717) is 17.0 Å². The maximum Gasteiger partial charge on any atom is 0.223 e. The number of hydrogen-bond donors (Lipinski definition) is 2. The Morgan fingerprint density at radius 1 is 1.30 bits per heavy atom. The molecular weight excluding hydrogens is 394 g/mol. The number of aryl methyl sites for hydroxylation is 1. The highest BCUT2D eigenvalue weighted by Gasteiger charge is 2.22. The van der Waals surface area contributed by atoms with Gasteiger partial charge in [0.15, 0.2) is 0 Å². The van der Waals surface area contributed by atoms with E-state index in [1.807, 2.05) is 19.2 Å². The molecule has 1 fully saturated rings. The van der Waals surface area contributed by atoms with Crippen LogP contribution < -0.4 is 5.32 Å². The second kappa shape index (κ2) is 10.3. The number of phenolic OH excluding ortho intramolecular Hbond substituents is 1. The van der Waals surface area contributed by atoms with E-state index < -0.39 is 0 Å². The summed E-state index contributed by atoms with van der Waals surface area (Å²) in [5.41, 5.74) is 5.14. The summed E-state index contributed by atoms with van der Waals surface area (Å²) in [6.07, 6.45) is 12.1. The van der Waals surface area contributed by atoms with Crippen LogP contribution in [0.5, 0.6) is 5.75 Å². The van der Waals surface area contributed by atoms with Gasteiger partial charge in [-0.1, -0.05) is 63.8 Å². The average molecular weight is 428 g/mol. The Balaban J connectivity index is 2.09. The van der Waals surface area contributed by atoms with Crippen molar-refractivity contribution in [2.45, 2.75) is 84.6 Å². The van der Waals surface area contributed by atoms with Crippen molar-refractivity contribution in [2.75, 3.05) is 5.32 Å². The molecule has 0 aliphatic heterocycles. The Bertz CT molecular complexity index is 902. The topological polar surface area (TPSA) is 58.0 Å². The predicted molar refractivity (Wildman–Crippen MR) is 126 cm³/mol. The van der Waals surface area contributed by atoms with Gasteiger partial charge >= 0.3 is 0 Å². The molecule has 0 amide bonds. The van der Waals surface area contributed by atoms with Gasteiger partial charge in [0, 0.05) is 17.8 Å². The third kappa shape index (κ3) is 4.97. The third-order valence-electron chi connectivity index (χ3n) is 5.92. The van der Waals surface area contributed by atoms with Crippen LogP contribution in [-0.4, -0.2) is 21.1 Å². The molecule has 2 aromatic rings. The first-order valence-corrected chi connectivity index (χ1v) is 11.6. The molecule has 4 nitrogen and oxygen atoms in total. The summed E-state index contributed by atoms with van der Waals surface area (Å²) in [5, 5.41) is 14.1. The number of rotatable bonds is 8. The van der Waals surface area contributed by atoms with E-state index in [1.165, 1.54) is 25.7 Å². The molecule has 1 aliphatic carbocycles. The van der Waals surface area contributed by atoms with Gasteiger partial charge in [0.25, 0.3) is 0 Å². The zero-order chi connectivity index (χ0) is 21.7. The van der Waals surface area contributed by atoms with Gasteiger partial charge in [-0.25, -0.2) is 9.97 Å². The minimum Gasteiger partial charge on any atom is -0.506 e. The number of nitrogens with one attached hydrogen (secondary N) is 1. The number of halogens is 1. The molecule has 0 atom stereocenters. The van der Waals surface area contributed by atoms with E-state index in [0.717, 1.165) is 47.2 Å². The average Bonchev–Trinajstić information content (AvgIpc) is 3.23. The quantitative estimate of drug-likeness (QED) is 0.471. The summed E-state index contributed by atoms with van der Waals surface area (Å²) in [4.78, 5) is 9.63. The molecule has 2 N–H and O–H groups in total. The molecular formula is C25H34ClN3O. The molecule has 5 heteroatoms. The van der Waals surface area contributed by atoms with Gasteiger partial charge in [0.05, 0.1) is 10.7 Å². The van der Waals surface area contributed by atoms with E-state index >= 15 is 0 Å². The molecule has 1 aliphatic rings. The first-order chi connectivity index (χ1) is 14.5. The van der Waals surface area contributed by atoms with Gasteiger partial charge in [0.2, 0.25) is 5.95 Å². The van der Waals surface area contributed by atoms with E-state index in [2.05, 4.69) is 37.1 Å². The van der Waals surface area contributed by atoms with Crippen molar-refractivity contribution in [3.8, 4) is 5.75 Å². The van der Waals surface area contributed by atoms with Crippen LogP contribution in [0.4, 0.5) is 5.95 Å². The smallest absolute Gasteiger partial charge is 0.223 e.